The highest BCUT2D eigenvalue weighted by Crippen LogP contribution is 2.31. The van der Waals surface area contributed by atoms with Crippen molar-refractivity contribution in [2.75, 3.05) is 13.7 Å². The Morgan fingerprint density at radius 1 is 1.29 bits per heavy atom. The number of hydrogen-bond acceptors (Lipinski definition) is 6. The molecule has 0 saturated heterocycles. The number of methoxy groups -OCH3 is 1. The second-order valence-corrected chi connectivity index (χ2v) is 7.54. The predicted octanol–water partition coefficient (Wildman–Crippen LogP) is 4.12. The van der Waals surface area contributed by atoms with E-state index in [0.29, 0.717) is 15.8 Å². The molecule has 0 spiro atoms. The fourth-order valence-electron chi connectivity index (χ4n) is 2.30. The van der Waals surface area contributed by atoms with Crippen molar-refractivity contribution in [3.05, 3.63) is 61.8 Å². The minimum absolute atomic E-state index is 0.181. The third kappa shape index (κ3) is 4.90. The number of nitrogens with one attached hydrogen (secondary N) is 1. The van der Waals surface area contributed by atoms with Gasteiger partial charge in [0.2, 0.25) is 0 Å². The topological polar surface area (TPSA) is 90.1 Å². The molecule has 1 aromatic heterocycles. The van der Waals surface area contributed by atoms with Gasteiger partial charge in [0.25, 0.3) is 0 Å². The van der Waals surface area contributed by atoms with Gasteiger partial charge in [0, 0.05) is 5.39 Å². The SMILES string of the molecule is COC(=O)COc1c(Br)cc(/C=N/NC(=O)c2cc3ccccc3o2)cc1I. The lowest BCUT2D eigenvalue weighted by molar-refractivity contribution is -0.142. The van der Waals surface area contributed by atoms with Crippen LogP contribution in [0.15, 0.2) is 56.5 Å². The summed E-state index contributed by atoms with van der Waals surface area (Å²) in [7, 11) is 1.30. The van der Waals surface area contributed by atoms with E-state index in [1.807, 2.05) is 18.2 Å². The van der Waals surface area contributed by atoms with Crippen LogP contribution < -0.4 is 10.2 Å². The summed E-state index contributed by atoms with van der Waals surface area (Å²) < 4.78 is 16.9. The van der Waals surface area contributed by atoms with Crippen LogP contribution >= 0.6 is 38.5 Å². The summed E-state index contributed by atoms with van der Waals surface area (Å²) in [5.41, 5.74) is 3.80. The Morgan fingerprint density at radius 3 is 2.79 bits per heavy atom. The zero-order valence-electron chi connectivity index (χ0n) is 14.6. The van der Waals surface area contributed by atoms with Crippen molar-refractivity contribution in [2.45, 2.75) is 0 Å². The van der Waals surface area contributed by atoms with Crippen LogP contribution in [0.3, 0.4) is 0 Å². The lowest BCUT2D eigenvalue weighted by atomic mass is 10.2. The van der Waals surface area contributed by atoms with E-state index in [2.05, 4.69) is 53.8 Å². The second kappa shape index (κ2) is 9.20. The summed E-state index contributed by atoms with van der Waals surface area (Å²) in [5, 5.41) is 4.81. The molecule has 144 valence electrons. The number of para-hydroxylation sites is 1. The number of nitrogens with zero attached hydrogens (tertiary/aromatic N) is 1. The first-order valence-corrected chi connectivity index (χ1v) is 9.85. The number of esters is 1. The first-order valence-electron chi connectivity index (χ1n) is 7.98. The van der Waals surface area contributed by atoms with E-state index < -0.39 is 11.9 Å². The van der Waals surface area contributed by atoms with Crippen molar-refractivity contribution >= 4 is 67.6 Å². The molecule has 1 heterocycles. The fraction of sp³-hybridized carbons (Fsp3) is 0.105. The number of hydrogen-bond donors (Lipinski definition) is 1. The molecule has 1 N–H and O–H groups in total. The van der Waals surface area contributed by atoms with Crippen molar-refractivity contribution in [3.8, 4) is 5.75 Å². The molecule has 0 saturated carbocycles. The van der Waals surface area contributed by atoms with Gasteiger partial charge in [-0.15, -0.1) is 0 Å². The van der Waals surface area contributed by atoms with Crippen LogP contribution in [-0.2, 0) is 9.53 Å². The Morgan fingerprint density at radius 2 is 2.07 bits per heavy atom. The van der Waals surface area contributed by atoms with Gasteiger partial charge in [0.15, 0.2) is 12.4 Å². The highest BCUT2D eigenvalue weighted by Gasteiger charge is 2.12. The van der Waals surface area contributed by atoms with Gasteiger partial charge < -0.3 is 13.9 Å². The third-order valence-corrected chi connectivity index (χ3v) is 5.00. The van der Waals surface area contributed by atoms with Crippen molar-refractivity contribution in [3.63, 3.8) is 0 Å². The van der Waals surface area contributed by atoms with Crippen LogP contribution in [0.4, 0.5) is 0 Å². The van der Waals surface area contributed by atoms with Crippen LogP contribution in [0.25, 0.3) is 11.0 Å². The summed E-state index contributed by atoms with van der Waals surface area (Å²) in [6.45, 7) is -0.188. The molecule has 7 nitrogen and oxygen atoms in total. The lowest BCUT2D eigenvalue weighted by Gasteiger charge is -2.10. The number of fused-ring (bicyclic) bond motifs is 1. The molecule has 0 radical (unpaired) electrons. The average molecular weight is 557 g/mol. The van der Waals surface area contributed by atoms with Crippen LogP contribution in [0.2, 0.25) is 0 Å². The van der Waals surface area contributed by atoms with E-state index in [1.54, 1.807) is 24.3 Å². The average Bonchev–Trinajstić information content (AvgIpc) is 3.11. The van der Waals surface area contributed by atoms with Crippen LogP contribution in [0, 0.1) is 3.57 Å². The van der Waals surface area contributed by atoms with Crippen molar-refractivity contribution in [1.29, 1.82) is 0 Å². The minimum Gasteiger partial charge on any atom is -0.480 e. The van der Waals surface area contributed by atoms with Gasteiger partial charge in [-0.05, 0) is 68.3 Å². The molecule has 3 rings (SSSR count). The Bertz CT molecular complexity index is 1010. The predicted molar refractivity (Wildman–Crippen MR) is 116 cm³/mol. The number of benzene rings is 2. The smallest absolute Gasteiger partial charge is 0.343 e. The number of furan rings is 1. The van der Waals surface area contributed by atoms with E-state index in [9.17, 15) is 9.59 Å². The molecular weight excluding hydrogens is 543 g/mol. The molecule has 0 atom stereocenters. The minimum atomic E-state index is -0.471. The standard InChI is InChI=1S/C19H14BrIN2O5/c1-26-17(24)10-27-18-13(20)6-11(7-14(18)21)9-22-23-19(25)16-8-12-4-2-3-5-15(12)28-16/h2-9H,10H2,1H3,(H,23,25)/b22-9+. The number of halogens is 2. The summed E-state index contributed by atoms with van der Waals surface area (Å²) in [4.78, 5) is 23.4. The van der Waals surface area contributed by atoms with Crippen LogP contribution in [-0.4, -0.2) is 31.8 Å². The van der Waals surface area contributed by atoms with Gasteiger partial charge in [-0.3, -0.25) is 4.79 Å². The summed E-state index contributed by atoms with van der Waals surface area (Å²) in [6, 6.07) is 12.6. The molecule has 0 aliphatic rings. The molecule has 0 aliphatic carbocycles. The molecule has 28 heavy (non-hydrogen) atoms. The zero-order valence-corrected chi connectivity index (χ0v) is 18.3. The van der Waals surface area contributed by atoms with E-state index in [-0.39, 0.29) is 12.4 Å². The highest BCUT2D eigenvalue weighted by atomic mass is 127. The Labute approximate surface area is 182 Å². The monoisotopic (exact) mass is 556 g/mol. The molecule has 2 aromatic carbocycles. The normalized spacial score (nSPS) is 11.0. The molecule has 3 aromatic rings. The number of carbonyl (C=O) groups excluding carboxylic acids is 2. The number of hydrazone groups is 1. The van der Waals surface area contributed by atoms with E-state index in [1.165, 1.54) is 13.3 Å². The molecule has 0 unspecified atom stereocenters. The molecule has 1 amide bonds. The van der Waals surface area contributed by atoms with E-state index in [0.717, 1.165) is 14.5 Å². The van der Waals surface area contributed by atoms with Crippen molar-refractivity contribution in [2.24, 2.45) is 5.10 Å². The molecule has 0 aliphatic heterocycles. The molecular formula is C19H14BrIN2O5. The zero-order chi connectivity index (χ0) is 20.1. The van der Waals surface area contributed by atoms with Gasteiger partial charge in [-0.25, -0.2) is 10.2 Å². The van der Waals surface area contributed by atoms with Crippen LogP contribution in [0.5, 0.6) is 5.75 Å². The van der Waals surface area contributed by atoms with Crippen molar-refractivity contribution in [1.82, 2.24) is 5.43 Å². The third-order valence-electron chi connectivity index (χ3n) is 3.61. The maximum Gasteiger partial charge on any atom is 0.343 e. The summed E-state index contributed by atoms with van der Waals surface area (Å²) >= 11 is 5.48. The van der Waals surface area contributed by atoms with E-state index in [4.69, 9.17) is 9.15 Å². The Hall–Kier alpha value is -2.40. The fourth-order valence-corrected chi connectivity index (χ4v) is 4.07. The van der Waals surface area contributed by atoms with Crippen LogP contribution in [0.1, 0.15) is 16.1 Å². The maximum atomic E-state index is 12.2. The quantitative estimate of drug-likeness (QED) is 0.213. The first kappa shape index (κ1) is 20.3. The first-order chi connectivity index (χ1) is 13.5. The lowest BCUT2D eigenvalue weighted by Crippen LogP contribution is -2.16. The molecule has 0 bridgehead atoms. The van der Waals surface area contributed by atoms with Gasteiger partial charge in [0.05, 0.1) is 21.4 Å². The number of rotatable bonds is 6. The summed E-state index contributed by atoms with van der Waals surface area (Å²) in [5.74, 6) is -0.212. The molecule has 0 fully saturated rings. The van der Waals surface area contributed by atoms with Gasteiger partial charge in [-0.1, -0.05) is 18.2 Å². The van der Waals surface area contributed by atoms with E-state index >= 15 is 0 Å². The number of amides is 1. The van der Waals surface area contributed by atoms with Gasteiger partial charge in [0.1, 0.15) is 11.3 Å². The van der Waals surface area contributed by atoms with Gasteiger partial charge >= 0.3 is 11.9 Å². The maximum absolute atomic E-state index is 12.2. The highest BCUT2D eigenvalue weighted by molar-refractivity contribution is 14.1. The summed E-state index contributed by atoms with van der Waals surface area (Å²) in [6.07, 6.45) is 1.50. The number of ether oxygens (including phenoxy) is 2. The van der Waals surface area contributed by atoms with Gasteiger partial charge in [-0.2, -0.15) is 5.10 Å². The molecule has 9 heteroatoms. The number of carbonyl (C=O) groups is 2. The largest absolute Gasteiger partial charge is 0.480 e. The van der Waals surface area contributed by atoms with Crippen molar-refractivity contribution < 1.29 is 23.5 Å². The Kier molecular flexibility index (Phi) is 6.68. The second-order valence-electron chi connectivity index (χ2n) is 5.53. The Balaban J connectivity index is 1.66.